The van der Waals surface area contributed by atoms with Gasteiger partial charge in [-0.2, -0.15) is 17.2 Å². The molecule has 7 N–H and O–H groups in total. The second kappa shape index (κ2) is 11.4. The monoisotopic (exact) mass is 537 g/mol. The Morgan fingerprint density at radius 1 is 0.500 bits per heavy atom. The molecule has 0 rings (SSSR count). The van der Waals surface area contributed by atoms with Gasteiger partial charge < -0.3 is 34.3 Å². The van der Waals surface area contributed by atoms with Crippen molar-refractivity contribution in [2.45, 2.75) is 0 Å². The van der Waals surface area contributed by atoms with Gasteiger partial charge in [0.25, 0.3) is 0 Å². The summed E-state index contributed by atoms with van der Waals surface area (Å²) in [5, 5.41) is 0. The Morgan fingerprint density at radius 3 is 0.833 bits per heavy atom. The molecule has 0 bridgehead atoms. The fraction of sp³-hybridized carbons (Fsp3) is 0. The molecule has 0 aromatic carbocycles. The summed E-state index contributed by atoms with van der Waals surface area (Å²) in [6.45, 7) is 0. The van der Waals surface area contributed by atoms with Crippen LogP contribution in [0.5, 0.6) is 0 Å². The molecule has 0 saturated carbocycles. The van der Waals surface area contributed by atoms with E-state index in [0.29, 0.717) is 0 Å². The Kier molecular flexibility index (Phi) is 16.1. The normalized spacial score (nSPS) is 19.3. The van der Waals surface area contributed by atoms with Crippen LogP contribution in [0.4, 0.5) is 0 Å². The van der Waals surface area contributed by atoms with Gasteiger partial charge in [-0.3, -0.25) is 0 Å². The molecule has 145 valence electrons. The third-order valence-corrected chi connectivity index (χ3v) is 7.49. The van der Waals surface area contributed by atoms with Gasteiger partial charge in [-0.1, -0.05) is 0 Å². The average molecular weight is 537 g/mol. The summed E-state index contributed by atoms with van der Waals surface area (Å²) in [6, 6.07) is 0. The van der Waals surface area contributed by atoms with Gasteiger partial charge in [-0.25, -0.2) is 22.8 Å². The van der Waals surface area contributed by atoms with E-state index in [2.05, 4.69) is 17.2 Å². The maximum atomic E-state index is 11.0. The van der Waals surface area contributed by atoms with Crippen LogP contribution in [0.25, 0.3) is 0 Å². The number of phosphoric acid groups is 5. The van der Waals surface area contributed by atoms with Gasteiger partial charge in [0.1, 0.15) is 0 Å². The summed E-state index contributed by atoms with van der Waals surface area (Å²) in [6.07, 6.45) is 0. The van der Waals surface area contributed by atoms with Gasteiger partial charge in [0, 0.05) is 34.1 Å². The van der Waals surface area contributed by atoms with Crippen LogP contribution in [0, 0.1) is 0 Å². The van der Waals surface area contributed by atoms with Crippen molar-refractivity contribution < 1.29 is 108 Å². The number of rotatable bonds is 8. The van der Waals surface area contributed by atoms with Gasteiger partial charge in [0.05, 0.1) is 0 Å². The molecule has 2 unspecified atom stereocenters. The second-order valence-electron chi connectivity index (χ2n) is 2.71. The molecular formula is H8FeLiMnO16P5. The van der Waals surface area contributed by atoms with Crippen LogP contribution in [0.15, 0.2) is 0 Å². The van der Waals surface area contributed by atoms with Crippen molar-refractivity contribution in [1.82, 2.24) is 0 Å². The molecule has 0 aromatic heterocycles. The van der Waals surface area contributed by atoms with Crippen molar-refractivity contribution in [3.05, 3.63) is 0 Å². The van der Waals surface area contributed by atoms with Crippen LogP contribution in [-0.2, 0) is 74.2 Å². The molecule has 0 aliphatic rings. The zero-order valence-electron chi connectivity index (χ0n) is 9.77. The zero-order chi connectivity index (χ0) is 17.3. The zero-order valence-corrected chi connectivity index (χ0v) is 16.5. The maximum absolute atomic E-state index is 11.0. The molecule has 0 fully saturated rings. The van der Waals surface area contributed by atoms with Gasteiger partial charge in [0.15, 0.2) is 0 Å². The van der Waals surface area contributed by atoms with E-state index < -0.39 is 39.1 Å². The first-order valence-electron chi connectivity index (χ1n) is 3.77. The van der Waals surface area contributed by atoms with Crippen molar-refractivity contribution >= 4 is 58.0 Å². The molecule has 1 radical (unpaired) electrons. The van der Waals surface area contributed by atoms with E-state index in [4.69, 9.17) is 34.3 Å². The number of hydrogen-bond donors (Lipinski definition) is 7. The van der Waals surface area contributed by atoms with Crippen LogP contribution in [-0.4, -0.2) is 53.1 Å². The Labute approximate surface area is 166 Å². The molecule has 16 nitrogen and oxygen atoms in total. The van der Waals surface area contributed by atoms with E-state index in [0.717, 1.165) is 0 Å². The van der Waals surface area contributed by atoms with E-state index >= 15 is 0 Å². The van der Waals surface area contributed by atoms with E-state index in [9.17, 15) is 22.8 Å². The van der Waals surface area contributed by atoms with Crippen LogP contribution >= 0.6 is 39.1 Å². The van der Waals surface area contributed by atoms with E-state index in [1.54, 1.807) is 0 Å². The Morgan fingerprint density at radius 2 is 0.667 bits per heavy atom. The summed E-state index contributed by atoms with van der Waals surface area (Å²) in [7, 11) is -29.3. The average Bonchev–Trinajstić information content (AvgIpc) is 1.83. The minimum atomic E-state index is -6.07. The molecule has 0 saturated heterocycles. The summed E-state index contributed by atoms with van der Waals surface area (Å²) in [5.41, 5.74) is 0. The largest absolute Gasteiger partial charge is 0 e. The van der Waals surface area contributed by atoms with Crippen molar-refractivity contribution in [3.63, 3.8) is 0 Å². The third-order valence-electron chi connectivity index (χ3n) is 0.832. The Balaban J connectivity index is -0.000000667. The minimum absolute atomic E-state index is 0. The van der Waals surface area contributed by atoms with Crippen molar-refractivity contribution in [3.8, 4) is 0 Å². The van der Waals surface area contributed by atoms with E-state index in [1.807, 2.05) is 0 Å². The Bertz CT molecular complexity index is 564. The molecule has 24 heavy (non-hydrogen) atoms. The molecule has 24 heteroatoms. The second-order valence-corrected chi connectivity index (χ2v) is 10.1. The smallest absolute Gasteiger partial charge is 0 e. The summed E-state index contributed by atoms with van der Waals surface area (Å²) in [5.74, 6) is 0. The molecule has 0 heterocycles. The van der Waals surface area contributed by atoms with Gasteiger partial charge in [-0.05, 0) is 0 Å². The first-order valence-corrected chi connectivity index (χ1v) is 11.3. The molecule has 0 amide bonds. The maximum Gasteiger partial charge on any atom is 0 e. The summed E-state index contributed by atoms with van der Waals surface area (Å²) in [4.78, 5) is 58.7. The fourth-order valence-corrected chi connectivity index (χ4v) is 5.97. The minimum Gasteiger partial charge on any atom is 0 e. The fourth-order valence-electron chi connectivity index (χ4n) is 0.574. The van der Waals surface area contributed by atoms with Crippen LogP contribution in [0.3, 0.4) is 0 Å². The molecule has 0 spiro atoms. The first-order chi connectivity index (χ1) is 8.83. The third kappa shape index (κ3) is 19.1. The summed E-state index contributed by atoms with van der Waals surface area (Å²) >= 11 is 0. The molecule has 0 aliphatic carbocycles. The number of hydrogen-bond acceptors (Lipinski definition) is 9. The molecule has 0 aliphatic heterocycles. The van der Waals surface area contributed by atoms with E-state index in [-0.39, 0.29) is 53.0 Å². The predicted molar refractivity (Wildman–Crippen MR) is 65.1 cm³/mol. The van der Waals surface area contributed by atoms with Gasteiger partial charge in [0.2, 0.25) is 0 Å². The predicted octanol–water partition coefficient (Wildman–Crippen LogP) is -1.11. The molecular weight excluding hydrogens is 529 g/mol. The van der Waals surface area contributed by atoms with Gasteiger partial charge >= 0.3 is 58.0 Å². The Hall–Kier alpha value is 2.35. The SMILES string of the molecule is O=P(O)(O)OP(=O)(O)OP(=O)(O)OP(=O)(O)OP(=O)(O)O.[Fe].[LiH].[Mn]. The van der Waals surface area contributed by atoms with Crippen molar-refractivity contribution in [2.24, 2.45) is 0 Å². The topological polar surface area (TPSA) is 264 Å². The molecule has 0 aromatic rings. The van der Waals surface area contributed by atoms with Crippen LogP contribution in [0.1, 0.15) is 0 Å². The van der Waals surface area contributed by atoms with Gasteiger partial charge in [-0.15, -0.1) is 0 Å². The van der Waals surface area contributed by atoms with Crippen LogP contribution < -0.4 is 0 Å². The first kappa shape index (κ1) is 33.9. The van der Waals surface area contributed by atoms with Crippen molar-refractivity contribution in [1.29, 1.82) is 0 Å². The van der Waals surface area contributed by atoms with E-state index in [1.165, 1.54) is 0 Å². The van der Waals surface area contributed by atoms with Crippen molar-refractivity contribution in [2.75, 3.05) is 0 Å². The standard InChI is InChI=1S/Fe.Li.Mn.H7O16P5.H/c;;;1-17(2,3)13-19(7,8)15-21(11,12)16-20(9,10)14-18(4,5)6;/h;;;(H,7,8)(H,9,10)(H,11,12)(H2,1,2,3)(H2,4,5,6);. The van der Waals surface area contributed by atoms with Crippen LogP contribution in [0.2, 0.25) is 0 Å². The molecule has 2 atom stereocenters. The quantitative estimate of drug-likeness (QED) is 0.143. The summed E-state index contributed by atoms with van der Waals surface area (Å²) < 4.78 is 65.6.